The molecule has 3 heteroatoms. The predicted molar refractivity (Wildman–Crippen MR) is 93.1 cm³/mol. The number of fused-ring (bicyclic) bond motifs is 1. The Morgan fingerprint density at radius 2 is 2.00 bits per heavy atom. The molecule has 1 N–H and O–H groups in total. The van der Waals surface area contributed by atoms with Gasteiger partial charge in [0.2, 0.25) is 0 Å². The third-order valence-corrected chi connectivity index (χ3v) is 5.11. The lowest BCUT2D eigenvalue weighted by atomic mass is 9.91. The zero-order valence-corrected chi connectivity index (χ0v) is 13.9. The van der Waals surface area contributed by atoms with Crippen molar-refractivity contribution < 1.29 is 0 Å². The van der Waals surface area contributed by atoms with Crippen LogP contribution in [-0.4, -0.2) is 34.7 Å². The number of hydrogen-bond donors (Lipinski definition) is 1. The predicted octanol–water partition coefficient (Wildman–Crippen LogP) is 4.40. The van der Waals surface area contributed by atoms with Gasteiger partial charge in [0.05, 0.1) is 11.2 Å². The van der Waals surface area contributed by atoms with Crippen molar-refractivity contribution in [2.45, 2.75) is 51.9 Å². The number of nitrogens with zero attached hydrogens (tertiary/aromatic N) is 2. The summed E-state index contributed by atoms with van der Waals surface area (Å²) in [6.45, 7) is 6.13. The van der Waals surface area contributed by atoms with Crippen LogP contribution in [0.1, 0.15) is 51.1 Å². The number of hydrogen-bond acceptors (Lipinski definition) is 2. The fourth-order valence-corrected chi connectivity index (χ4v) is 3.67. The lowest BCUT2D eigenvalue weighted by molar-refractivity contribution is 0.176. The minimum absolute atomic E-state index is 0.992. The van der Waals surface area contributed by atoms with Crippen LogP contribution in [0.15, 0.2) is 24.3 Å². The van der Waals surface area contributed by atoms with Gasteiger partial charge in [0, 0.05) is 5.39 Å². The van der Waals surface area contributed by atoms with Gasteiger partial charge < -0.3 is 4.90 Å². The molecule has 0 radical (unpaired) electrons. The van der Waals surface area contributed by atoms with Crippen molar-refractivity contribution >= 4 is 10.9 Å². The standard InChI is InChI=1S/C19H29N3/c1-2-3-7-16-11-14-22(15-12-16)13-6-10-19-17-8-4-5-9-18(17)20-21-19/h4-5,8-9,16H,2-3,6-7,10-15H2,1H3,(H,20,21). The first-order valence-electron chi connectivity index (χ1n) is 9.01. The number of rotatable bonds is 7. The van der Waals surface area contributed by atoms with E-state index >= 15 is 0 Å². The Morgan fingerprint density at radius 1 is 1.18 bits per heavy atom. The highest BCUT2D eigenvalue weighted by Gasteiger charge is 2.18. The molecule has 0 spiro atoms. The van der Waals surface area contributed by atoms with E-state index in [9.17, 15) is 0 Å². The monoisotopic (exact) mass is 299 g/mol. The Morgan fingerprint density at radius 3 is 2.82 bits per heavy atom. The van der Waals surface area contributed by atoms with Crippen molar-refractivity contribution in [3.05, 3.63) is 30.0 Å². The molecule has 2 heterocycles. The van der Waals surface area contributed by atoms with E-state index in [1.165, 1.54) is 69.2 Å². The molecule has 2 aromatic rings. The maximum Gasteiger partial charge on any atom is 0.0701 e. The van der Waals surface area contributed by atoms with Gasteiger partial charge in [-0.25, -0.2) is 0 Å². The summed E-state index contributed by atoms with van der Waals surface area (Å²) in [5, 5.41) is 8.91. The Bertz CT molecular complexity index is 567. The second kappa shape index (κ2) is 7.77. The highest BCUT2D eigenvalue weighted by atomic mass is 15.1. The molecule has 3 rings (SSSR count). The number of H-pyrrole nitrogens is 1. The van der Waals surface area contributed by atoms with Crippen LogP contribution < -0.4 is 0 Å². The van der Waals surface area contributed by atoms with E-state index in [1.54, 1.807) is 0 Å². The number of unbranched alkanes of at least 4 members (excludes halogenated alkanes) is 1. The molecule has 1 aliphatic rings. The summed E-state index contributed by atoms with van der Waals surface area (Å²) in [7, 11) is 0. The number of piperidine rings is 1. The average molecular weight is 299 g/mol. The van der Waals surface area contributed by atoms with E-state index in [2.05, 4.69) is 46.3 Å². The Kier molecular flexibility index (Phi) is 5.49. The smallest absolute Gasteiger partial charge is 0.0701 e. The maximum absolute atomic E-state index is 4.48. The number of likely N-dealkylation sites (tertiary alicyclic amines) is 1. The van der Waals surface area contributed by atoms with Crippen molar-refractivity contribution in [2.75, 3.05) is 19.6 Å². The van der Waals surface area contributed by atoms with E-state index in [0.29, 0.717) is 0 Å². The van der Waals surface area contributed by atoms with Crippen molar-refractivity contribution in [3.63, 3.8) is 0 Å². The molecule has 0 atom stereocenters. The summed E-state index contributed by atoms with van der Waals surface area (Å²) >= 11 is 0. The lowest BCUT2D eigenvalue weighted by Crippen LogP contribution is -2.34. The molecule has 0 amide bonds. The minimum Gasteiger partial charge on any atom is -0.303 e. The molecule has 0 aliphatic carbocycles. The Hall–Kier alpha value is -1.35. The topological polar surface area (TPSA) is 31.9 Å². The summed E-state index contributed by atoms with van der Waals surface area (Å²) in [6, 6.07) is 8.44. The number of aromatic amines is 1. The van der Waals surface area contributed by atoms with Crippen molar-refractivity contribution in [1.29, 1.82) is 0 Å². The van der Waals surface area contributed by atoms with E-state index < -0.39 is 0 Å². The summed E-state index contributed by atoms with van der Waals surface area (Å²) in [5.74, 6) is 0.992. The van der Waals surface area contributed by atoms with Crippen LogP contribution in [-0.2, 0) is 6.42 Å². The van der Waals surface area contributed by atoms with E-state index in [-0.39, 0.29) is 0 Å². The molecular formula is C19H29N3. The minimum atomic E-state index is 0.992. The van der Waals surface area contributed by atoms with Crippen LogP contribution in [0.25, 0.3) is 10.9 Å². The van der Waals surface area contributed by atoms with Gasteiger partial charge in [0.15, 0.2) is 0 Å². The van der Waals surface area contributed by atoms with Crippen LogP contribution in [0.3, 0.4) is 0 Å². The van der Waals surface area contributed by atoms with Gasteiger partial charge in [0.25, 0.3) is 0 Å². The molecule has 0 saturated carbocycles. The number of aryl methyl sites for hydroxylation is 1. The zero-order valence-electron chi connectivity index (χ0n) is 13.9. The molecule has 0 bridgehead atoms. The van der Waals surface area contributed by atoms with Crippen molar-refractivity contribution in [3.8, 4) is 0 Å². The summed E-state index contributed by atoms with van der Waals surface area (Å²) in [4.78, 5) is 2.65. The van der Waals surface area contributed by atoms with Crippen molar-refractivity contribution in [1.82, 2.24) is 15.1 Å². The highest BCUT2D eigenvalue weighted by Crippen LogP contribution is 2.23. The molecule has 1 fully saturated rings. The molecule has 3 nitrogen and oxygen atoms in total. The molecule has 1 aromatic carbocycles. The molecule has 0 unspecified atom stereocenters. The van der Waals surface area contributed by atoms with Gasteiger partial charge >= 0.3 is 0 Å². The fraction of sp³-hybridized carbons (Fsp3) is 0.632. The van der Waals surface area contributed by atoms with Gasteiger partial charge in [-0.15, -0.1) is 0 Å². The van der Waals surface area contributed by atoms with Crippen LogP contribution in [0.4, 0.5) is 0 Å². The molecule has 22 heavy (non-hydrogen) atoms. The Balaban J connectivity index is 1.41. The quantitative estimate of drug-likeness (QED) is 0.822. The second-order valence-corrected chi connectivity index (χ2v) is 6.75. The van der Waals surface area contributed by atoms with E-state index in [0.717, 1.165) is 17.9 Å². The van der Waals surface area contributed by atoms with Crippen LogP contribution in [0.2, 0.25) is 0 Å². The fourth-order valence-electron chi connectivity index (χ4n) is 3.67. The van der Waals surface area contributed by atoms with Crippen LogP contribution in [0.5, 0.6) is 0 Å². The molecular weight excluding hydrogens is 270 g/mol. The largest absolute Gasteiger partial charge is 0.303 e. The Labute approximate surface area is 134 Å². The van der Waals surface area contributed by atoms with Crippen LogP contribution >= 0.6 is 0 Å². The van der Waals surface area contributed by atoms with Gasteiger partial charge in [0.1, 0.15) is 0 Å². The van der Waals surface area contributed by atoms with Crippen LogP contribution in [0, 0.1) is 5.92 Å². The molecule has 120 valence electrons. The SMILES string of the molecule is CCCCC1CCN(CCCc2n[nH]c3ccccc23)CC1. The first-order valence-corrected chi connectivity index (χ1v) is 9.01. The lowest BCUT2D eigenvalue weighted by Gasteiger charge is -2.31. The number of aromatic nitrogens is 2. The summed E-state index contributed by atoms with van der Waals surface area (Å²) < 4.78 is 0. The van der Waals surface area contributed by atoms with E-state index in [1.807, 2.05) is 0 Å². The number of para-hydroxylation sites is 1. The van der Waals surface area contributed by atoms with Gasteiger partial charge in [-0.1, -0.05) is 44.4 Å². The molecule has 1 aliphatic heterocycles. The van der Waals surface area contributed by atoms with Gasteiger partial charge in [-0.2, -0.15) is 5.10 Å². The average Bonchev–Trinajstić information content (AvgIpc) is 2.98. The third-order valence-electron chi connectivity index (χ3n) is 5.11. The van der Waals surface area contributed by atoms with Gasteiger partial charge in [-0.3, -0.25) is 5.10 Å². The normalized spacial score (nSPS) is 17.3. The number of benzene rings is 1. The highest BCUT2D eigenvalue weighted by molar-refractivity contribution is 5.81. The molecule has 1 aromatic heterocycles. The second-order valence-electron chi connectivity index (χ2n) is 6.75. The van der Waals surface area contributed by atoms with Gasteiger partial charge in [-0.05, 0) is 57.3 Å². The summed E-state index contributed by atoms with van der Waals surface area (Å²) in [5.41, 5.74) is 2.39. The first-order chi connectivity index (χ1) is 10.9. The van der Waals surface area contributed by atoms with E-state index in [4.69, 9.17) is 0 Å². The third kappa shape index (κ3) is 3.89. The first kappa shape index (κ1) is 15.5. The maximum atomic E-state index is 4.48. The molecule has 1 saturated heterocycles. The number of nitrogens with one attached hydrogen (secondary N) is 1. The zero-order chi connectivity index (χ0) is 15.2. The van der Waals surface area contributed by atoms with Crippen molar-refractivity contribution in [2.24, 2.45) is 5.92 Å². The summed E-state index contributed by atoms with van der Waals surface area (Å²) in [6.07, 6.45) is 9.32.